The van der Waals surface area contributed by atoms with Crippen LogP contribution in [0.25, 0.3) is 109 Å². The summed E-state index contributed by atoms with van der Waals surface area (Å²) in [6.07, 6.45) is 0. The smallest absolute Gasteiger partial charge is 0.0732 e. The molecule has 0 fully saturated rings. The van der Waals surface area contributed by atoms with Crippen molar-refractivity contribution in [2.45, 2.75) is 10.8 Å². The van der Waals surface area contributed by atoms with Crippen molar-refractivity contribution in [3.8, 4) is 44.5 Å². The van der Waals surface area contributed by atoms with Crippen molar-refractivity contribution in [3.05, 3.63) is 330 Å². The first kappa shape index (κ1) is 43.6. The normalized spacial score (nSPS) is 14.1. The summed E-state index contributed by atoms with van der Waals surface area (Å²) in [4.78, 5) is 2.64. The summed E-state index contributed by atoms with van der Waals surface area (Å²) in [5, 5.41) is 15.2. The Morgan fingerprint density at radius 1 is 0.198 bits per heavy atom. The molecular formula is C80H47N. The molecule has 19 rings (SSSR count). The van der Waals surface area contributed by atoms with Crippen LogP contribution in [0.4, 0.5) is 17.1 Å². The van der Waals surface area contributed by atoms with E-state index in [1.807, 2.05) is 0 Å². The molecule has 0 aliphatic heterocycles. The van der Waals surface area contributed by atoms with Gasteiger partial charge in [-0.1, -0.05) is 261 Å². The molecular weight excluding hydrogens is 975 g/mol. The van der Waals surface area contributed by atoms with Crippen LogP contribution in [0.3, 0.4) is 0 Å². The number of nitrogens with zero attached hydrogens (tertiary/aromatic N) is 1. The molecule has 4 aliphatic rings. The molecule has 0 aromatic heterocycles. The van der Waals surface area contributed by atoms with Crippen molar-refractivity contribution in [2.24, 2.45) is 0 Å². The van der Waals surface area contributed by atoms with E-state index >= 15 is 0 Å². The molecule has 0 heterocycles. The first-order valence-corrected chi connectivity index (χ1v) is 28.5. The highest BCUT2D eigenvalue weighted by atomic mass is 15.1. The van der Waals surface area contributed by atoms with E-state index in [-0.39, 0.29) is 0 Å². The van der Waals surface area contributed by atoms with Crippen LogP contribution in [0, 0.1) is 0 Å². The summed E-state index contributed by atoms with van der Waals surface area (Å²) in [7, 11) is 0. The third kappa shape index (κ3) is 5.20. The first-order chi connectivity index (χ1) is 40.3. The Bertz CT molecular complexity index is 4910. The predicted octanol–water partition coefficient (Wildman–Crippen LogP) is 20.8. The van der Waals surface area contributed by atoms with E-state index in [1.165, 1.54) is 154 Å². The first-order valence-electron chi connectivity index (χ1n) is 28.5. The lowest BCUT2D eigenvalue weighted by Crippen LogP contribution is -2.27. The second-order valence-electron chi connectivity index (χ2n) is 22.8. The lowest BCUT2D eigenvalue weighted by molar-refractivity contribution is 0.801. The topological polar surface area (TPSA) is 3.24 Å². The van der Waals surface area contributed by atoms with Crippen LogP contribution in [-0.2, 0) is 10.8 Å². The van der Waals surface area contributed by atoms with E-state index in [0.29, 0.717) is 0 Å². The Morgan fingerprint density at radius 2 is 0.457 bits per heavy atom. The fraction of sp³-hybridized carbons (Fsp3) is 0.0250. The maximum atomic E-state index is 2.64. The van der Waals surface area contributed by atoms with Crippen LogP contribution in [0.1, 0.15) is 44.5 Å². The number of anilines is 3. The highest BCUT2D eigenvalue weighted by Crippen LogP contribution is 2.70. The Morgan fingerprint density at radius 3 is 0.815 bits per heavy atom. The molecule has 1 nitrogen and oxygen atoms in total. The van der Waals surface area contributed by atoms with Gasteiger partial charge < -0.3 is 4.90 Å². The average molecular weight is 1020 g/mol. The molecule has 81 heavy (non-hydrogen) atoms. The lowest BCUT2D eigenvalue weighted by Gasteiger charge is -2.35. The van der Waals surface area contributed by atoms with Gasteiger partial charge in [0.1, 0.15) is 0 Å². The second-order valence-corrected chi connectivity index (χ2v) is 22.8. The summed E-state index contributed by atoms with van der Waals surface area (Å²) >= 11 is 0. The Balaban J connectivity index is 1.00. The van der Waals surface area contributed by atoms with Crippen molar-refractivity contribution < 1.29 is 0 Å². The number of rotatable bonds is 3. The van der Waals surface area contributed by atoms with Crippen LogP contribution >= 0.6 is 0 Å². The van der Waals surface area contributed by atoms with E-state index in [4.69, 9.17) is 0 Å². The highest BCUT2D eigenvalue weighted by Gasteiger charge is 2.56. The minimum absolute atomic E-state index is 0.645. The van der Waals surface area contributed by atoms with Crippen molar-refractivity contribution in [1.82, 2.24) is 0 Å². The van der Waals surface area contributed by atoms with Gasteiger partial charge in [-0.3, -0.25) is 0 Å². The molecule has 0 atom stereocenters. The molecule has 1 heteroatoms. The maximum Gasteiger partial charge on any atom is 0.0732 e. The Labute approximate surface area is 468 Å². The van der Waals surface area contributed by atoms with E-state index in [9.17, 15) is 0 Å². The molecule has 0 N–H and O–H groups in total. The van der Waals surface area contributed by atoms with Crippen molar-refractivity contribution in [3.63, 3.8) is 0 Å². The van der Waals surface area contributed by atoms with Crippen LogP contribution in [0.2, 0.25) is 0 Å². The zero-order chi connectivity index (χ0) is 52.7. The van der Waals surface area contributed by atoms with Gasteiger partial charge in [0, 0.05) is 16.5 Å². The predicted molar refractivity (Wildman–Crippen MR) is 339 cm³/mol. The largest absolute Gasteiger partial charge is 0.309 e. The highest BCUT2D eigenvalue weighted by molar-refractivity contribution is 6.27. The van der Waals surface area contributed by atoms with E-state index in [1.54, 1.807) is 0 Å². The summed E-state index contributed by atoms with van der Waals surface area (Å²) in [5.41, 5.74) is 23.3. The van der Waals surface area contributed by atoms with Gasteiger partial charge >= 0.3 is 0 Å². The standard InChI is InChI=1S/C80H47N/c1-2-24-48(25-3-1)81(71-46-69-73(61-38-12-8-34-57(61)71)75-59-36-10-4-26-49(59)51-28-6-14-40-63(51)77(75)79(69)65-42-20-16-30-53(65)54-31-17-21-43-66(54)79)72-47-70-74(62-39-13-9-35-58(62)72)76-60-37-11-5-27-50(60)52-29-7-15-41-64(52)78(76)80(70)67-44-22-18-32-55(67)56-33-19-23-45-68(56)80/h1-47H. The average Bonchev–Trinajstić information content (AvgIpc) is 1.62. The van der Waals surface area contributed by atoms with Gasteiger partial charge in [-0.05, 0) is 167 Å². The molecule has 0 amide bonds. The Kier molecular flexibility index (Phi) is 8.45. The van der Waals surface area contributed by atoms with Gasteiger partial charge in [0.05, 0.1) is 22.2 Å². The molecule has 0 saturated heterocycles. The number of hydrogen-bond acceptors (Lipinski definition) is 1. The Hall–Kier alpha value is -10.3. The molecule has 15 aromatic rings. The monoisotopic (exact) mass is 1020 g/mol. The molecule has 4 aliphatic carbocycles. The minimum Gasteiger partial charge on any atom is -0.309 e. The van der Waals surface area contributed by atoms with Gasteiger partial charge in [-0.25, -0.2) is 0 Å². The molecule has 372 valence electrons. The molecule has 0 saturated carbocycles. The fourth-order valence-corrected chi connectivity index (χ4v) is 16.6. The van der Waals surface area contributed by atoms with E-state index in [2.05, 4.69) is 290 Å². The SMILES string of the molecule is c1ccc(N(c2cc3c(c4ccccc24)-c2c(c4ccccc4c4ccccc24)C32c3ccccc3-c3ccccc32)c2cc3c(c4ccccc24)-c2c(c4ccccc4c4ccccc24)C32c3ccccc3-c3ccccc32)cc1. The van der Waals surface area contributed by atoms with Crippen LogP contribution in [0.15, 0.2) is 285 Å². The van der Waals surface area contributed by atoms with Crippen molar-refractivity contribution in [1.29, 1.82) is 0 Å². The minimum atomic E-state index is -0.645. The van der Waals surface area contributed by atoms with Crippen molar-refractivity contribution >= 4 is 81.7 Å². The molecule has 2 spiro atoms. The van der Waals surface area contributed by atoms with Gasteiger partial charge in [0.15, 0.2) is 0 Å². The zero-order valence-corrected chi connectivity index (χ0v) is 44.1. The van der Waals surface area contributed by atoms with Crippen molar-refractivity contribution in [2.75, 3.05) is 4.90 Å². The number of hydrogen-bond donors (Lipinski definition) is 0. The molecule has 0 unspecified atom stereocenters. The third-order valence-electron chi connectivity index (χ3n) is 19.4. The van der Waals surface area contributed by atoms with Crippen LogP contribution in [-0.4, -0.2) is 0 Å². The zero-order valence-electron chi connectivity index (χ0n) is 44.1. The molecule has 0 radical (unpaired) electrons. The summed E-state index contributed by atoms with van der Waals surface area (Å²) < 4.78 is 0. The lowest BCUT2D eigenvalue weighted by atomic mass is 9.68. The molecule has 0 bridgehead atoms. The number of benzene rings is 15. The summed E-state index contributed by atoms with van der Waals surface area (Å²) in [6.45, 7) is 0. The number of fused-ring (bicyclic) bond motifs is 34. The molecule has 15 aromatic carbocycles. The summed E-state index contributed by atoms with van der Waals surface area (Å²) in [5.74, 6) is 0. The van der Waals surface area contributed by atoms with E-state index < -0.39 is 10.8 Å². The van der Waals surface area contributed by atoms with E-state index in [0.717, 1.165) is 17.1 Å². The second kappa shape index (κ2) is 15.7. The van der Waals surface area contributed by atoms with Crippen LogP contribution < -0.4 is 4.90 Å². The van der Waals surface area contributed by atoms with Crippen LogP contribution in [0.5, 0.6) is 0 Å². The summed E-state index contributed by atoms with van der Waals surface area (Å²) in [6, 6.07) is 109. The fourth-order valence-electron chi connectivity index (χ4n) is 16.6. The van der Waals surface area contributed by atoms with Gasteiger partial charge in [0.25, 0.3) is 0 Å². The maximum absolute atomic E-state index is 2.64. The van der Waals surface area contributed by atoms with Gasteiger partial charge in [0.2, 0.25) is 0 Å². The van der Waals surface area contributed by atoms with Gasteiger partial charge in [-0.2, -0.15) is 0 Å². The third-order valence-corrected chi connectivity index (χ3v) is 19.4. The van der Waals surface area contributed by atoms with Gasteiger partial charge in [-0.15, -0.1) is 0 Å². The quantitative estimate of drug-likeness (QED) is 0.159. The number of para-hydroxylation sites is 1.